The maximum Gasteiger partial charge on any atom is 0.408 e. The number of carbonyl (C=O) groups excluding carboxylic acids is 2. The minimum atomic E-state index is -0.610. The average Bonchev–Trinajstić information content (AvgIpc) is 3.03. The molecular weight excluding hydrogens is 350 g/mol. The van der Waals surface area contributed by atoms with E-state index in [2.05, 4.69) is 15.5 Å². The topological polar surface area (TPSA) is 101 Å². The van der Waals surface area contributed by atoms with Crippen molar-refractivity contribution in [1.29, 1.82) is 0 Å². The number of rotatable bonds is 5. The highest BCUT2D eigenvalue weighted by Gasteiger charge is 2.33. The Hall–Kier alpha value is -2.32. The highest BCUT2D eigenvalue weighted by atomic mass is 16.6. The van der Waals surface area contributed by atoms with Gasteiger partial charge < -0.3 is 24.3 Å². The van der Waals surface area contributed by atoms with E-state index < -0.39 is 17.7 Å². The zero-order chi connectivity index (χ0) is 20.2. The highest BCUT2D eigenvalue weighted by molar-refractivity contribution is 5.86. The van der Waals surface area contributed by atoms with Gasteiger partial charge in [-0.3, -0.25) is 4.79 Å². The van der Waals surface area contributed by atoms with Crippen LogP contribution in [-0.2, 0) is 9.53 Å². The van der Waals surface area contributed by atoms with Crippen molar-refractivity contribution in [3.63, 3.8) is 0 Å². The lowest BCUT2D eigenvalue weighted by Crippen LogP contribution is -2.57. The van der Waals surface area contributed by atoms with Crippen LogP contribution in [-0.4, -0.2) is 64.9 Å². The molecule has 2 atom stereocenters. The first-order chi connectivity index (χ1) is 12.6. The van der Waals surface area contributed by atoms with Crippen molar-refractivity contribution in [2.75, 3.05) is 31.1 Å². The SMILES string of the molecule is CCC(C)C(NC(=O)OC(C)(C)C)C(=O)N1CCN(c2nnc(C)o2)CC1. The molecule has 1 fully saturated rings. The van der Waals surface area contributed by atoms with Gasteiger partial charge in [-0.25, -0.2) is 4.79 Å². The number of aromatic nitrogens is 2. The van der Waals surface area contributed by atoms with Gasteiger partial charge in [0.1, 0.15) is 11.6 Å². The first-order valence-electron chi connectivity index (χ1n) is 9.44. The van der Waals surface area contributed by atoms with Crippen LogP contribution < -0.4 is 10.2 Å². The molecule has 2 rings (SSSR count). The largest absolute Gasteiger partial charge is 0.444 e. The molecule has 9 heteroatoms. The number of nitrogens with one attached hydrogen (secondary N) is 1. The normalized spacial score (nSPS) is 17.4. The number of carbonyl (C=O) groups is 2. The van der Waals surface area contributed by atoms with Gasteiger partial charge in [-0.05, 0) is 26.7 Å². The summed E-state index contributed by atoms with van der Waals surface area (Å²) in [5.41, 5.74) is -0.610. The van der Waals surface area contributed by atoms with Crippen molar-refractivity contribution in [1.82, 2.24) is 20.4 Å². The summed E-state index contributed by atoms with van der Waals surface area (Å²) in [6.07, 6.45) is 0.203. The first-order valence-corrected chi connectivity index (χ1v) is 9.44. The molecule has 0 radical (unpaired) electrons. The highest BCUT2D eigenvalue weighted by Crippen LogP contribution is 2.17. The van der Waals surface area contributed by atoms with Gasteiger partial charge in [-0.15, -0.1) is 5.10 Å². The molecule has 1 aromatic heterocycles. The van der Waals surface area contributed by atoms with Crippen molar-refractivity contribution < 1.29 is 18.7 Å². The maximum atomic E-state index is 13.0. The van der Waals surface area contributed by atoms with E-state index >= 15 is 0 Å². The minimum Gasteiger partial charge on any atom is -0.444 e. The van der Waals surface area contributed by atoms with E-state index in [-0.39, 0.29) is 11.8 Å². The average molecular weight is 381 g/mol. The third-order valence-electron chi connectivity index (χ3n) is 4.53. The summed E-state index contributed by atoms with van der Waals surface area (Å²) < 4.78 is 10.8. The van der Waals surface area contributed by atoms with Crippen LogP contribution in [0, 0.1) is 12.8 Å². The minimum absolute atomic E-state index is 0.00152. The van der Waals surface area contributed by atoms with Crippen LogP contribution >= 0.6 is 0 Å². The summed E-state index contributed by atoms with van der Waals surface area (Å²) in [7, 11) is 0. The Kier molecular flexibility index (Phi) is 6.67. The smallest absolute Gasteiger partial charge is 0.408 e. The molecule has 0 bridgehead atoms. The van der Waals surface area contributed by atoms with Gasteiger partial charge in [0.05, 0.1) is 0 Å². The Balaban J connectivity index is 1.98. The standard InChI is InChI=1S/C18H31N5O4/c1-7-12(2)14(19-17(25)27-18(4,5)6)15(24)22-8-10-23(11-9-22)16-21-20-13(3)26-16/h12,14H,7-11H2,1-6H3,(H,19,25). The lowest BCUT2D eigenvalue weighted by atomic mass is 9.97. The van der Waals surface area contributed by atoms with Crippen LogP contribution in [0.15, 0.2) is 4.42 Å². The Labute approximate surface area is 160 Å². The fraction of sp³-hybridized carbons (Fsp3) is 0.778. The van der Waals surface area contributed by atoms with Gasteiger partial charge in [-0.2, -0.15) is 0 Å². The zero-order valence-electron chi connectivity index (χ0n) is 17.1. The fourth-order valence-electron chi connectivity index (χ4n) is 2.85. The van der Waals surface area contributed by atoms with Crippen LogP contribution in [0.1, 0.15) is 46.9 Å². The van der Waals surface area contributed by atoms with Gasteiger partial charge in [0, 0.05) is 33.1 Å². The van der Waals surface area contributed by atoms with Crippen LogP contribution in [0.4, 0.5) is 10.8 Å². The molecule has 1 aliphatic heterocycles. The van der Waals surface area contributed by atoms with Gasteiger partial charge in [0.15, 0.2) is 0 Å². The molecule has 0 saturated carbocycles. The van der Waals surface area contributed by atoms with E-state index in [0.29, 0.717) is 38.1 Å². The van der Waals surface area contributed by atoms with Crippen LogP contribution in [0.25, 0.3) is 0 Å². The summed E-state index contributed by atoms with van der Waals surface area (Å²) in [6.45, 7) is 13.4. The number of aryl methyl sites for hydroxylation is 1. The molecule has 0 aromatic carbocycles. The summed E-state index contributed by atoms with van der Waals surface area (Å²) >= 11 is 0. The predicted molar refractivity (Wildman–Crippen MR) is 100 cm³/mol. The number of hydrogen-bond acceptors (Lipinski definition) is 7. The Bertz CT molecular complexity index is 646. The molecule has 1 N–H and O–H groups in total. The second kappa shape index (κ2) is 8.58. The van der Waals surface area contributed by atoms with Crippen LogP contribution in [0.2, 0.25) is 0 Å². The molecule has 152 valence electrons. The molecular formula is C18H31N5O4. The van der Waals surface area contributed by atoms with Gasteiger partial charge in [0.2, 0.25) is 11.8 Å². The molecule has 1 saturated heterocycles. The van der Waals surface area contributed by atoms with Crippen molar-refractivity contribution in [3.8, 4) is 0 Å². The number of nitrogens with zero attached hydrogens (tertiary/aromatic N) is 4. The number of amides is 2. The van der Waals surface area contributed by atoms with Crippen molar-refractivity contribution >= 4 is 18.0 Å². The van der Waals surface area contributed by atoms with E-state index in [9.17, 15) is 9.59 Å². The first kappa shape index (κ1) is 21.0. The lowest BCUT2D eigenvalue weighted by Gasteiger charge is -2.37. The van der Waals surface area contributed by atoms with E-state index in [1.165, 1.54) is 0 Å². The van der Waals surface area contributed by atoms with Crippen LogP contribution in [0.3, 0.4) is 0 Å². The van der Waals surface area contributed by atoms with Crippen molar-refractivity contribution in [3.05, 3.63) is 5.89 Å². The summed E-state index contributed by atoms with van der Waals surface area (Å²) in [6, 6.07) is -0.132. The molecule has 2 unspecified atom stereocenters. The van der Waals surface area contributed by atoms with E-state index in [0.717, 1.165) is 6.42 Å². The number of alkyl carbamates (subject to hydrolysis) is 1. The Morgan fingerprint density at radius 3 is 2.33 bits per heavy atom. The van der Waals surface area contributed by atoms with E-state index in [4.69, 9.17) is 9.15 Å². The number of anilines is 1. The van der Waals surface area contributed by atoms with Crippen molar-refractivity contribution in [2.45, 2.75) is 59.6 Å². The maximum absolute atomic E-state index is 13.0. The summed E-state index contributed by atoms with van der Waals surface area (Å²) in [5.74, 6) is 0.431. The molecule has 1 aliphatic rings. The lowest BCUT2D eigenvalue weighted by molar-refractivity contribution is -0.135. The number of piperazine rings is 1. The molecule has 2 amide bonds. The summed E-state index contributed by atoms with van der Waals surface area (Å²) in [4.78, 5) is 28.9. The Morgan fingerprint density at radius 1 is 1.22 bits per heavy atom. The summed E-state index contributed by atoms with van der Waals surface area (Å²) in [5, 5.41) is 10.6. The van der Waals surface area contributed by atoms with Crippen molar-refractivity contribution in [2.24, 2.45) is 5.92 Å². The van der Waals surface area contributed by atoms with Gasteiger partial charge in [0.25, 0.3) is 0 Å². The molecule has 2 heterocycles. The molecule has 0 aliphatic carbocycles. The van der Waals surface area contributed by atoms with E-state index in [1.807, 2.05) is 18.7 Å². The fourth-order valence-corrected chi connectivity index (χ4v) is 2.85. The van der Waals surface area contributed by atoms with Crippen LogP contribution in [0.5, 0.6) is 0 Å². The Morgan fingerprint density at radius 2 is 1.85 bits per heavy atom. The second-order valence-electron chi connectivity index (χ2n) is 7.93. The quantitative estimate of drug-likeness (QED) is 0.832. The predicted octanol–water partition coefficient (Wildman–Crippen LogP) is 1.97. The third-order valence-corrected chi connectivity index (χ3v) is 4.53. The number of hydrogen-bond donors (Lipinski definition) is 1. The zero-order valence-corrected chi connectivity index (χ0v) is 17.1. The van der Waals surface area contributed by atoms with Gasteiger partial charge >= 0.3 is 12.1 Å². The molecule has 27 heavy (non-hydrogen) atoms. The van der Waals surface area contributed by atoms with E-state index in [1.54, 1.807) is 32.6 Å². The van der Waals surface area contributed by atoms with Gasteiger partial charge in [-0.1, -0.05) is 25.4 Å². The number of ether oxygens (including phenoxy) is 1. The molecule has 1 aromatic rings. The molecule has 0 spiro atoms. The molecule has 9 nitrogen and oxygen atoms in total. The second-order valence-corrected chi connectivity index (χ2v) is 7.93. The monoisotopic (exact) mass is 381 g/mol. The third kappa shape index (κ3) is 5.83.